The Bertz CT molecular complexity index is 705. The largest absolute Gasteiger partial charge is 0.497 e. The summed E-state index contributed by atoms with van der Waals surface area (Å²) in [5, 5.41) is 9.05. The van der Waals surface area contributed by atoms with Gasteiger partial charge in [-0.3, -0.25) is 14.4 Å². The van der Waals surface area contributed by atoms with Crippen molar-refractivity contribution in [3.8, 4) is 5.75 Å². The molecule has 2 amide bonds. The first kappa shape index (κ1) is 19.2. The van der Waals surface area contributed by atoms with E-state index in [4.69, 9.17) is 14.6 Å². The molecule has 2 unspecified atom stereocenters. The number of nitrogens with zero attached hydrogens (tertiary/aromatic N) is 2. The van der Waals surface area contributed by atoms with Gasteiger partial charge in [-0.2, -0.15) is 0 Å². The second-order valence-electron chi connectivity index (χ2n) is 6.88. The molecule has 2 aliphatic heterocycles. The molecule has 8 nitrogen and oxygen atoms in total. The van der Waals surface area contributed by atoms with Gasteiger partial charge in [0.2, 0.25) is 11.8 Å². The summed E-state index contributed by atoms with van der Waals surface area (Å²) < 4.78 is 10.5. The molecule has 1 aromatic rings. The number of amides is 2. The quantitative estimate of drug-likeness (QED) is 0.787. The number of methoxy groups -OCH3 is 1. The van der Waals surface area contributed by atoms with Crippen LogP contribution in [0, 0.1) is 5.92 Å². The van der Waals surface area contributed by atoms with Crippen LogP contribution in [0.4, 0.5) is 0 Å². The van der Waals surface area contributed by atoms with Crippen LogP contribution < -0.4 is 4.74 Å². The van der Waals surface area contributed by atoms with Crippen LogP contribution in [0.25, 0.3) is 0 Å². The molecule has 3 rings (SSSR count). The smallest absolute Gasteiger partial charge is 0.305 e. The zero-order valence-electron chi connectivity index (χ0n) is 15.3. The second kappa shape index (κ2) is 8.39. The number of aliphatic carboxylic acids is 1. The predicted molar refractivity (Wildman–Crippen MR) is 95.1 cm³/mol. The summed E-state index contributed by atoms with van der Waals surface area (Å²) >= 11 is 0. The molecule has 0 aliphatic carbocycles. The van der Waals surface area contributed by atoms with E-state index in [-0.39, 0.29) is 31.3 Å². The van der Waals surface area contributed by atoms with Crippen molar-refractivity contribution in [3.05, 3.63) is 29.8 Å². The van der Waals surface area contributed by atoms with Crippen molar-refractivity contribution >= 4 is 17.8 Å². The second-order valence-corrected chi connectivity index (χ2v) is 6.88. The van der Waals surface area contributed by atoms with Crippen molar-refractivity contribution in [1.82, 2.24) is 9.80 Å². The fourth-order valence-corrected chi connectivity index (χ4v) is 3.59. The van der Waals surface area contributed by atoms with Crippen LogP contribution in [0.5, 0.6) is 5.75 Å². The minimum Gasteiger partial charge on any atom is -0.497 e. The van der Waals surface area contributed by atoms with Crippen molar-refractivity contribution in [1.29, 1.82) is 0 Å². The van der Waals surface area contributed by atoms with Gasteiger partial charge in [0.05, 0.1) is 38.7 Å². The summed E-state index contributed by atoms with van der Waals surface area (Å²) in [6, 6.07) is 6.98. The lowest BCUT2D eigenvalue weighted by Gasteiger charge is -2.36. The number of carboxylic acids is 1. The van der Waals surface area contributed by atoms with E-state index in [2.05, 4.69) is 0 Å². The summed E-state index contributed by atoms with van der Waals surface area (Å²) in [5.41, 5.74) is 0.965. The highest BCUT2D eigenvalue weighted by atomic mass is 16.5. The Kier molecular flexibility index (Phi) is 5.95. The number of carboxylic acid groups (broad SMARTS) is 1. The Hall–Kier alpha value is -2.61. The Balaban J connectivity index is 1.62. The fourth-order valence-electron chi connectivity index (χ4n) is 3.59. The van der Waals surface area contributed by atoms with Crippen LogP contribution >= 0.6 is 0 Å². The Morgan fingerprint density at radius 3 is 2.70 bits per heavy atom. The predicted octanol–water partition coefficient (Wildman–Crippen LogP) is 0.746. The van der Waals surface area contributed by atoms with E-state index in [0.717, 1.165) is 11.3 Å². The molecule has 2 saturated heterocycles. The lowest BCUT2D eigenvalue weighted by Crippen LogP contribution is -2.51. The van der Waals surface area contributed by atoms with Crippen LogP contribution in [-0.2, 0) is 25.7 Å². The topological polar surface area (TPSA) is 96.4 Å². The molecular weight excluding hydrogens is 352 g/mol. The molecule has 0 aromatic heterocycles. The number of hydrogen-bond acceptors (Lipinski definition) is 5. The van der Waals surface area contributed by atoms with E-state index < -0.39 is 17.9 Å². The van der Waals surface area contributed by atoms with E-state index in [1.807, 2.05) is 24.3 Å². The fraction of sp³-hybridized carbons (Fsp3) is 0.526. The highest BCUT2D eigenvalue weighted by Crippen LogP contribution is 2.25. The first-order chi connectivity index (χ1) is 13.0. The SMILES string of the molecule is COc1ccc(CN2CC(C(=O)N3CCOCC3CC(=O)O)CC2=O)cc1. The maximum Gasteiger partial charge on any atom is 0.305 e. The lowest BCUT2D eigenvalue weighted by atomic mass is 10.0. The van der Waals surface area contributed by atoms with Crippen LogP contribution in [0.2, 0.25) is 0 Å². The van der Waals surface area contributed by atoms with Gasteiger partial charge in [-0.25, -0.2) is 0 Å². The molecule has 2 fully saturated rings. The van der Waals surface area contributed by atoms with Gasteiger partial charge in [0.1, 0.15) is 5.75 Å². The number of ether oxygens (including phenoxy) is 2. The third-order valence-corrected chi connectivity index (χ3v) is 5.02. The van der Waals surface area contributed by atoms with Crippen LogP contribution in [0.1, 0.15) is 18.4 Å². The normalized spacial score (nSPS) is 22.8. The summed E-state index contributed by atoms with van der Waals surface area (Å²) in [7, 11) is 1.60. The van der Waals surface area contributed by atoms with E-state index in [1.165, 1.54) is 0 Å². The molecule has 1 aromatic carbocycles. The molecule has 2 aliphatic rings. The molecule has 0 spiro atoms. The van der Waals surface area contributed by atoms with E-state index in [0.29, 0.717) is 26.2 Å². The summed E-state index contributed by atoms with van der Waals surface area (Å²) in [4.78, 5) is 39.6. The summed E-state index contributed by atoms with van der Waals surface area (Å²) in [6.45, 7) is 1.75. The third-order valence-electron chi connectivity index (χ3n) is 5.02. The monoisotopic (exact) mass is 376 g/mol. The van der Waals surface area contributed by atoms with Crippen molar-refractivity contribution < 1.29 is 29.0 Å². The molecule has 146 valence electrons. The molecule has 2 heterocycles. The number of morpholine rings is 1. The number of carbonyl (C=O) groups is 3. The van der Waals surface area contributed by atoms with Gasteiger partial charge < -0.3 is 24.4 Å². The first-order valence-corrected chi connectivity index (χ1v) is 8.98. The molecule has 1 N–H and O–H groups in total. The van der Waals surface area contributed by atoms with Crippen molar-refractivity contribution in [2.75, 3.05) is 33.4 Å². The standard InChI is InChI=1S/C19H24N2O6/c1-26-16-4-2-13(3-5-16)10-20-11-14(8-17(20)22)19(25)21-6-7-27-12-15(21)9-18(23)24/h2-5,14-15H,6-12H2,1H3,(H,23,24). The highest BCUT2D eigenvalue weighted by Gasteiger charge is 2.39. The summed E-state index contributed by atoms with van der Waals surface area (Å²) in [6.07, 6.45) is 0.00804. The number of likely N-dealkylation sites (tertiary alicyclic amines) is 1. The Labute approximate surface area is 157 Å². The average Bonchev–Trinajstić information content (AvgIpc) is 3.02. The van der Waals surface area contributed by atoms with Crippen LogP contribution in [0.15, 0.2) is 24.3 Å². The maximum absolute atomic E-state index is 12.9. The molecule has 0 bridgehead atoms. The molecule has 27 heavy (non-hydrogen) atoms. The average molecular weight is 376 g/mol. The molecule has 8 heteroatoms. The van der Waals surface area contributed by atoms with Gasteiger partial charge >= 0.3 is 5.97 Å². The molecular formula is C19H24N2O6. The summed E-state index contributed by atoms with van der Waals surface area (Å²) in [5.74, 6) is -0.879. The van der Waals surface area contributed by atoms with Gasteiger partial charge in [0.25, 0.3) is 0 Å². The number of hydrogen-bond donors (Lipinski definition) is 1. The molecule has 0 radical (unpaired) electrons. The van der Waals surface area contributed by atoms with Crippen molar-refractivity contribution in [2.24, 2.45) is 5.92 Å². The zero-order valence-corrected chi connectivity index (χ0v) is 15.3. The lowest BCUT2D eigenvalue weighted by molar-refractivity contribution is -0.149. The van der Waals surface area contributed by atoms with Gasteiger partial charge in [0, 0.05) is 26.1 Å². The third kappa shape index (κ3) is 4.57. The minimum absolute atomic E-state index is 0.0628. The van der Waals surface area contributed by atoms with Crippen LogP contribution in [0.3, 0.4) is 0 Å². The minimum atomic E-state index is -0.966. The zero-order chi connectivity index (χ0) is 19.4. The number of carbonyl (C=O) groups excluding carboxylic acids is 2. The van der Waals surface area contributed by atoms with Gasteiger partial charge in [0.15, 0.2) is 0 Å². The van der Waals surface area contributed by atoms with Crippen molar-refractivity contribution in [2.45, 2.75) is 25.4 Å². The Morgan fingerprint density at radius 1 is 1.30 bits per heavy atom. The number of benzene rings is 1. The first-order valence-electron chi connectivity index (χ1n) is 8.98. The number of rotatable bonds is 6. The molecule has 0 saturated carbocycles. The highest BCUT2D eigenvalue weighted by molar-refractivity contribution is 5.89. The van der Waals surface area contributed by atoms with E-state index in [9.17, 15) is 14.4 Å². The van der Waals surface area contributed by atoms with E-state index >= 15 is 0 Å². The van der Waals surface area contributed by atoms with Gasteiger partial charge in [-0.05, 0) is 17.7 Å². The van der Waals surface area contributed by atoms with Gasteiger partial charge in [-0.15, -0.1) is 0 Å². The Morgan fingerprint density at radius 2 is 2.04 bits per heavy atom. The molecule has 2 atom stereocenters. The van der Waals surface area contributed by atoms with Crippen molar-refractivity contribution in [3.63, 3.8) is 0 Å². The maximum atomic E-state index is 12.9. The van der Waals surface area contributed by atoms with Gasteiger partial charge in [-0.1, -0.05) is 12.1 Å². The van der Waals surface area contributed by atoms with Crippen LogP contribution in [-0.4, -0.2) is 72.1 Å². The van der Waals surface area contributed by atoms with E-state index in [1.54, 1.807) is 16.9 Å².